The van der Waals surface area contributed by atoms with Gasteiger partial charge in [0.05, 0.1) is 5.60 Å². The minimum Gasteiger partial charge on any atom is -0.375 e. The van der Waals surface area contributed by atoms with Crippen molar-refractivity contribution in [3.8, 4) is 0 Å². The summed E-state index contributed by atoms with van der Waals surface area (Å²) in [6.07, 6.45) is 1.85. The molecular weight excluding hydrogens is 242 g/mol. The Hall–Kier alpha value is -1.36. The van der Waals surface area contributed by atoms with Crippen LogP contribution in [0.1, 0.15) is 52.3 Å². The lowest BCUT2D eigenvalue weighted by Crippen LogP contribution is -2.40. The normalized spacial score (nSPS) is 22.5. The zero-order chi connectivity index (χ0) is 14.0. The van der Waals surface area contributed by atoms with Crippen LogP contribution in [0.25, 0.3) is 0 Å². The summed E-state index contributed by atoms with van der Waals surface area (Å²) in [6, 6.07) is 1.83. The average Bonchev–Trinajstić information content (AvgIpc) is 2.26. The van der Waals surface area contributed by atoms with Gasteiger partial charge in [0.25, 0.3) is 5.56 Å². The Balaban J connectivity index is 2.12. The maximum atomic E-state index is 11.6. The molecule has 0 spiro atoms. The first-order chi connectivity index (χ1) is 8.85. The predicted octanol–water partition coefficient (Wildman–Crippen LogP) is 2.26. The largest absolute Gasteiger partial charge is 0.375 e. The second kappa shape index (κ2) is 5.33. The molecule has 0 radical (unpaired) electrons. The van der Waals surface area contributed by atoms with Gasteiger partial charge in [-0.1, -0.05) is 13.8 Å². The molecule has 1 aliphatic rings. The molecule has 1 saturated heterocycles. The van der Waals surface area contributed by atoms with Gasteiger partial charge in [-0.25, -0.2) is 4.98 Å². The molecule has 5 nitrogen and oxygen atoms in total. The highest BCUT2D eigenvalue weighted by Gasteiger charge is 2.29. The third-order valence-corrected chi connectivity index (χ3v) is 3.36. The topological polar surface area (TPSA) is 67.0 Å². The fourth-order valence-electron chi connectivity index (χ4n) is 2.39. The maximum absolute atomic E-state index is 11.6. The van der Waals surface area contributed by atoms with E-state index in [2.05, 4.69) is 29.1 Å². The minimum absolute atomic E-state index is 0.104. The zero-order valence-electron chi connectivity index (χ0n) is 12.1. The van der Waals surface area contributed by atoms with Crippen LogP contribution in [0, 0.1) is 0 Å². The van der Waals surface area contributed by atoms with Crippen LogP contribution in [0.2, 0.25) is 0 Å². The van der Waals surface area contributed by atoms with Crippen LogP contribution in [-0.2, 0) is 4.74 Å². The lowest BCUT2D eigenvalue weighted by molar-refractivity contribution is -0.0553. The van der Waals surface area contributed by atoms with Gasteiger partial charge < -0.3 is 15.0 Å². The molecule has 2 heterocycles. The van der Waals surface area contributed by atoms with Crippen molar-refractivity contribution >= 4 is 5.82 Å². The van der Waals surface area contributed by atoms with Gasteiger partial charge in [-0.2, -0.15) is 0 Å². The highest BCUT2D eigenvalue weighted by Crippen LogP contribution is 2.25. The lowest BCUT2D eigenvalue weighted by atomic mass is 9.94. The van der Waals surface area contributed by atoms with E-state index in [4.69, 9.17) is 4.74 Å². The first-order valence-electron chi connectivity index (χ1n) is 6.87. The molecule has 1 aliphatic heterocycles. The van der Waals surface area contributed by atoms with Gasteiger partial charge in [-0.05, 0) is 26.7 Å². The summed E-state index contributed by atoms with van der Waals surface area (Å²) in [6.45, 7) is 8.95. The summed E-state index contributed by atoms with van der Waals surface area (Å²) in [7, 11) is 0. The van der Waals surface area contributed by atoms with E-state index in [0.717, 1.165) is 25.3 Å². The SMILES string of the molecule is CC(C)c1nc(NC2CCOC(C)(C)C2)cc(=O)[nH]1. The van der Waals surface area contributed by atoms with Crippen molar-refractivity contribution in [1.29, 1.82) is 0 Å². The number of aromatic amines is 1. The van der Waals surface area contributed by atoms with Crippen LogP contribution in [0.5, 0.6) is 0 Å². The second-order valence-corrected chi connectivity index (χ2v) is 6.11. The molecule has 1 unspecified atom stereocenters. The van der Waals surface area contributed by atoms with Gasteiger partial charge in [0.15, 0.2) is 0 Å². The molecule has 1 atom stereocenters. The first-order valence-corrected chi connectivity index (χ1v) is 6.87. The van der Waals surface area contributed by atoms with E-state index in [1.807, 2.05) is 13.8 Å². The summed E-state index contributed by atoms with van der Waals surface area (Å²) in [4.78, 5) is 18.9. The maximum Gasteiger partial charge on any atom is 0.252 e. The minimum atomic E-state index is -0.113. The molecule has 0 bridgehead atoms. The Kier molecular flexibility index (Phi) is 3.94. The smallest absolute Gasteiger partial charge is 0.252 e. The molecule has 2 rings (SSSR count). The fraction of sp³-hybridized carbons (Fsp3) is 0.714. The molecule has 106 valence electrons. The van der Waals surface area contributed by atoms with Gasteiger partial charge >= 0.3 is 0 Å². The van der Waals surface area contributed by atoms with Gasteiger partial charge in [0, 0.05) is 24.6 Å². The highest BCUT2D eigenvalue weighted by molar-refractivity contribution is 5.35. The van der Waals surface area contributed by atoms with Crippen molar-refractivity contribution < 1.29 is 4.74 Å². The number of ether oxygens (including phenoxy) is 1. The molecule has 5 heteroatoms. The highest BCUT2D eigenvalue weighted by atomic mass is 16.5. The number of H-pyrrole nitrogens is 1. The van der Waals surface area contributed by atoms with Crippen molar-refractivity contribution in [2.24, 2.45) is 0 Å². The van der Waals surface area contributed by atoms with Crippen LogP contribution in [0.15, 0.2) is 10.9 Å². The molecule has 0 amide bonds. The fourth-order valence-corrected chi connectivity index (χ4v) is 2.39. The molecule has 0 aliphatic carbocycles. The van der Waals surface area contributed by atoms with Crippen LogP contribution in [0.3, 0.4) is 0 Å². The summed E-state index contributed by atoms with van der Waals surface area (Å²) in [5, 5.41) is 3.36. The predicted molar refractivity (Wildman–Crippen MR) is 75.6 cm³/mol. The molecule has 1 aromatic rings. The lowest BCUT2D eigenvalue weighted by Gasteiger charge is -2.36. The molecule has 0 aromatic carbocycles. The number of rotatable bonds is 3. The Bertz CT molecular complexity index is 494. The van der Waals surface area contributed by atoms with Gasteiger partial charge in [0.1, 0.15) is 11.6 Å². The monoisotopic (exact) mass is 265 g/mol. The Labute approximate surface area is 113 Å². The molecule has 1 fully saturated rings. The number of nitrogens with one attached hydrogen (secondary N) is 2. The van der Waals surface area contributed by atoms with E-state index in [1.165, 1.54) is 6.07 Å². The summed E-state index contributed by atoms with van der Waals surface area (Å²) in [5.74, 6) is 1.59. The van der Waals surface area contributed by atoms with Crippen molar-refractivity contribution in [3.05, 3.63) is 22.2 Å². The van der Waals surface area contributed by atoms with E-state index < -0.39 is 0 Å². The number of anilines is 1. The Morgan fingerprint density at radius 3 is 2.89 bits per heavy atom. The molecule has 2 N–H and O–H groups in total. The van der Waals surface area contributed by atoms with Gasteiger partial charge in [0.2, 0.25) is 0 Å². The van der Waals surface area contributed by atoms with Crippen LogP contribution in [-0.4, -0.2) is 28.2 Å². The quantitative estimate of drug-likeness (QED) is 0.879. The van der Waals surface area contributed by atoms with E-state index in [9.17, 15) is 4.79 Å². The van der Waals surface area contributed by atoms with Crippen molar-refractivity contribution in [1.82, 2.24) is 9.97 Å². The first kappa shape index (κ1) is 14.1. The van der Waals surface area contributed by atoms with E-state index in [1.54, 1.807) is 0 Å². The Morgan fingerprint density at radius 2 is 2.26 bits per heavy atom. The molecule has 19 heavy (non-hydrogen) atoms. The van der Waals surface area contributed by atoms with Gasteiger partial charge in [-0.3, -0.25) is 4.79 Å². The summed E-state index contributed by atoms with van der Waals surface area (Å²) < 4.78 is 5.69. The van der Waals surface area contributed by atoms with E-state index in [-0.39, 0.29) is 17.1 Å². The number of nitrogens with zero attached hydrogens (tertiary/aromatic N) is 1. The Morgan fingerprint density at radius 1 is 1.53 bits per heavy atom. The average molecular weight is 265 g/mol. The molecular formula is C14H23N3O2. The van der Waals surface area contributed by atoms with Crippen LogP contribution < -0.4 is 10.9 Å². The second-order valence-electron chi connectivity index (χ2n) is 6.11. The third kappa shape index (κ3) is 3.80. The van der Waals surface area contributed by atoms with Crippen molar-refractivity contribution in [2.75, 3.05) is 11.9 Å². The van der Waals surface area contributed by atoms with Crippen LogP contribution >= 0.6 is 0 Å². The number of hydrogen-bond donors (Lipinski definition) is 2. The van der Waals surface area contributed by atoms with E-state index >= 15 is 0 Å². The number of hydrogen-bond acceptors (Lipinski definition) is 4. The van der Waals surface area contributed by atoms with E-state index in [0.29, 0.717) is 11.9 Å². The molecule has 0 saturated carbocycles. The van der Waals surface area contributed by atoms with Gasteiger partial charge in [-0.15, -0.1) is 0 Å². The van der Waals surface area contributed by atoms with Crippen molar-refractivity contribution in [3.63, 3.8) is 0 Å². The van der Waals surface area contributed by atoms with Crippen LogP contribution in [0.4, 0.5) is 5.82 Å². The number of aromatic nitrogens is 2. The molecule has 1 aromatic heterocycles. The summed E-state index contributed by atoms with van der Waals surface area (Å²) >= 11 is 0. The third-order valence-electron chi connectivity index (χ3n) is 3.36. The zero-order valence-corrected chi connectivity index (χ0v) is 12.1. The standard InChI is InChI=1S/C14H23N3O2/c1-9(2)13-16-11(7-12(18)17-13)15-10-5-6-19-14(3,4)8-10/h7,9-10H,5-6,8H2,1-4H3,(H2,15,16,17,18). The summed E-state index contributed by atoms with van der Waals surface area (Å²) in [5.41, 5.74) is -0.217. The van der Waals surface area contributed by atoms with Crippen molar-refractivity contribution in [2.45, 2.75) is 58.1 Å².